The Morgan fingerprint density at radius 2 is 1.46 bits per heavy atom. The second-order valence-electron chi connectivity index (χ2n) is 8.33. The van der Waals surface area contributed by atoms with Crippen LogP contribution in [0.5, 0.6) is 0 Å². The van der Waals surface area contributed by atoms with Crippen LogP contribution in [0.15, 0.2) is 24.3 Å². The molecule has 0 radical (unpaired) electrons. The lowest BCUT2D eigenvalue weighted by atomic mass is 9.86. The molecular weight excluding hydrogens is 334 g/mol. The number of ether oxygens (including phenoxy) is 1. The molecule has 144 valence electrons. The standard InChI is InChI=1S/C20H29NO5/c1-13(18(24)26-20(5,6)7)12-25-21-17(23)15-10-8-14(9-11-15)16(22)19(2,3)4/h8-11,13H,12H2,1-7H3,(H,21,23). The maximum absolute atomic E-state index is 12.2. The molecule has 0 saturated heterocycles. The number of benzene rings is 1. The molecule has 1 aromatic carbocycles. The Morgan fingerprint density at radius 1 is 0.962 bits per heavy atom. The van der Waals surface area contributed by atoms with E-state index in [0.717, 1.165) is 0 Å². The number of amides is 1. The third kappa shape index (κ3) is 6.96. The lowest BCUT2D eigenvalue weighted by molar-refractivity contribution is -0.162. The minimum Gasteiger partial charge on any atom is -0.460 e. The Balaban J connectivity index is 2.54. The first kappa shape index (κ1) is 21.8. The van der Waals surface area contributed by atoms with Crippen LogP contribution in [-0.4, -0.2) is 29.9 Å². The van der Waals surface area contributed by atoms with Gasteiger partial charge in [0.25, 0.3) is 5.91 Å². The normalized spacial score (nSPS) is 13.0. The van der Waals surface area contributed by atoms with E-state index in [1.54, 1.807) is 52.0 Å². The van der Waals surface area contributed by atoms with Gasteiger partial charge in [-0.1, -0.05) is 32.9 Å². The summed E-state index contributed by atoms with van der Waals surface area (Å²) in [7, 11) is 0. The van der Waals surface area contributed by atoms with E-state index in [4.69, 9.17) is 9.57 Å². The fraction of sp³-hybridized carbons (Fsp3) is 0.550. The van der Waals surface area contributed by atoms with E-state index < -0.39 is 28.8 Å². The van der Waals surface area contributed by atoms with Gasteiger partial charge in [0, 0.05) is 16.5 Å². The van der Waals surface area contributed by atoms with Gasteiger partial charge in [-0.15, -0.1) is 0 Å². The summed E-state index contributed by atoms with van der Waals surface area (Å²) < 4.78 is 5.24. The molecule has 0 fully saturated rings. The maximum Gasteiger partial charge on any atom is 0.311 e. The molecule has 0 aliphatic rings. The van der Waals surface area contributed by atoms with Gasteiger partial charge < -0.3 is 4.74 Å². The number of hydroxylamine groups is 1. The SMILES string of the molecule is CC(CONC(=O)c1ccc(C(=O)C(C)(C)C)cc1)C(=O)OC(C)(C)C. The van der Waals surface area contributed by atoms with Crippen LogP contribution in [0.2, 0.25) is 0 Å². The highest BCUT2D eigenvalue weighted by Crippen LogP contribution is 2.21. The zero-order valence-corrected chi connectivity index (χ0v) is 16.6. The van der Waals surface area contributed by atoms with Crippen LogP contribution in [0.1, 0.15) is 69.2 Å². The molecule has 0 saturated carbocycles. The van der Waals surface area contributed by atoms with Gasteiger partial charge in [0.05, 0.1) is 12.5 Å². The number of nitrogens with one attached hydrogen (secondary N) is 1. The van der Waals surface area contributed by atoms with E-state index in [2.05, 4.69) is 5.48 Å². The summed E-state index contributed by atoms with van der Waals surface area (Å²) in [6.45, 7) is 12.5. The van der Waals surface area contributed by atoms with Gasteiger partial charge in [0.1, 0.15) is 5.60 Å². The van der Waals surface area contributed by atoms with Crippen LogP contribution >= 0.6 is 0 Å². The lowest BCUT2D eigenvalue weighted by Gasteiger charge is -2.22. The van der Waals surface area contributed by atoms with Crippen molar-refractivity contribution in [2.45, 2.75) is 54.1 Å². The number of Topliss-reactive ketones (excluding diaryl/α,β-unsaturated/α-hetero) is 1. The lowest BCUT2D eigenvalue weighted by Crippen LogP contribution is -2.32. The second-order valence-corrected chi connectivity index (χ2v) is 8.33. The van der Waals surface area contributed by atoms with Gasteiger partial charge in [0.2, 0.25) is 0 Å². The molecule has 0 heterocycles. The summed E-state index contributed by atoms with van der Waals surface area (Å²) in [6, 6.07) is 6.36. The van der Waals surface area contributed by atoms with E-state index >= 15 is 0 Å². The summed E-state index contributed by atoms with van der Waals surface area (Å²) >= 11 is 0. The summed E-state index contributed by atoms with van der Waals surface area (Å²) in [5.74, 6) is -1.35. The fourth-order valence-corrected chi connectivity index (χ4v) is 1.97. The largest absolute Gasteiger partial charge is 0.460 e. The van der Waals surface area contributed by atoms with Crippen LogP contribution in [0.4, 0.5) is 0 Å². The fourth-order valence-electron chi connectivity index (χ4n) is 1.97. The van der Waals surface area contributed by atoms with Gasteiger partial charge in [-0.3, -0.25) is 19.2 Å². The highest BCUT2D eigenvalue weighted by atomic mass is 16.7. The zero-order chi connectivity index (χ0) is 20.1. The third-order valence-corrected chi connectivity index (χ3v) is 3.40. The second kappa shape index (κ2) is 8.45. The highest BCUT2D eigenvalue weighted by molar-refractivity contribution is 6.01. The van der Waals surface area contributed by atoms with Crippen LogP contribution in [0, 0.1) is 11.3 Å². The van der Waals surface area contributed by atoms with Crippen molar-refractivity contribution in [1.29, 1.82) is 0 Å². The van der Waals surface area contributed by atoms with Gasteiger partial charge in [0.15, 0.2) is 5.78 Å². The summed E-state index contributed by atoms with van der Waals surface area (Å²) in [6.07, 6.45) is 0. The molecule has 26 heavy (non-hydrogen) atoms. The molecule has 0 aliphatic carbocycles. The van der Waals surface area contributed by atoms with Gasteiger partial charge >= 0.3 is 5.97 Å². The third-order valence-electron chi connectivity index (χ3n) is 3.40. The minimum atomic E-state index is -0.569. The van der Waals surface area contributed by atoms with Crippen LogP contribution < -0.4 is 5.48 Å². The van der Waals surface area contributed by atoms with E-state index in [-0.39, 0.29) is 12.4 Å². The summed E-state index contributed by atoms with van der Waals surface area (Å²) in [5, 5.41) is 0. The summed E-state index contributed by atoms with van der Waals surface area (Å²) in [4.78, 5) is 41.2. The number of esters is 1. The van der Waals surface area contributed by atoms with Crippen molar-refractivity contribution in [3.05, 3.63) is 35.4 Å². The molecule has 0 aliphatic heterocycles. The molecule has 1 amide bonds. The molecule has 1 N–H and O–H groups in total. The monoisotopic (exact) mass is 363 g/mol. The van der Waals surface area contributed by atoms with Crippen molar-refractivity contribution in [2.24, 2.45) is 11.3 Å². The maximum atomic E-state index is 12.2. The van der Waals surface area contributed by atoms with E-state index in [9.17, 15) is 14.4 Å². The molecule has 6 heteroatoms. The van der Waals surface area contributed by atoms with Gasteiger partial charge in [-0.05, 0) is 39.8 Å². The number of hydrogen-bond donors (Lipinski definition) is 1. The first-order valence-electron chi connectivity index (χ1n) is 8.61. The van der Waals surface area contributed by atoms with Crippen molar-refractivity contribution >= 4 is 17.7 Å². The first-order chi connectivity index (χ1) is 11.8. The first-order valence-corrected chi connectivity index (χ1v) is 8.61. The molecule has 1 rings (SSSR count). The van der Waals surface area contributed by atoms with Crippen LogP contribution in [-0.2, 0) is 14.4 Å². The van der Waals surface area contributed by atoms with Crippen molar-refractivity contribution in [3.63, 3.8) is 0 Å². The molecule has 1 unspecified atom stereocenters. The van der Waals surface area contributed by atoms with E-state index in [1.807, 2.05) is 20.8 Å². The molecule has 1 atom stereocenters. The molecule has 0 bridgehead atoms. The average molecular weight is 363 g/mol. The Kier molecular flexibility index (Phi) is 7.09. The van der Waals surface area contributed by atoms with E-state index in [0.29, 0.717) is 11.1 Å². The Hall–Kier alpha value is -2.21. The quantitative estimate of drug-likeness (QED) is 0.475. The van der Waals surface area contributed by atoms with Crippen LogP contribution in [0.3, 0.4) is 0 Å². The van der Waals surface area contributed by atoms with Crippen molar-refractivity contribution in [3.8, 4) is 0 Å². The van der Waals surface area contributed by atoms with Crippen molar-refractivity contribution < 1.29 is 24.0 Å². The summed E-state index contributed by atoms with van der Waals surface area (Å²) in [5.41, 5.74) is 2.16. The van der Waals surface area contributed by atoms with E-state index in [1.165, 1.54) is 0 Å². The molecule has 1 aromatic rings. The number of carbonyl (C=O) groups excluding carboxylic acids is 3. The predicted octanol–water partition coefficient (Wildman–Crippen LogP) is 3.55. The van der Waals surface area contributed by atoms with Crippen LogP contribution in [0.25, 0.3) is 0 Å². The number of rotatable bonds is 6. The Labute approximate surface area is 155 Å². The topological polar surface area (TPSA) is 81.7 Å². The smallest absolute Gasteiger partial charge is 0.311 e. The predicted molar refractivity (Wildman–Crippen MR) is 98.7 cm³/mol. The van der Waals surface area contributed by atoms with Crippen molar-refractivity contribution in [1.82, 2.24) is 5.48 Å². The van der Waals surface area contributed by atoms with Gasteiger partial charge in [-0.2, -0.15) is 0 Å². The molecule has 0 spiro atoms. The average Bonchev–Trinajstić information content (AvgIpc) is 2.51. The van der Waals surface area contributed by atoms with Gasteiger partial charge in [-0.25, -0.2) is 5.48 Å². The highest BCUT2D eigenvalue weighted by Gasteiger charge is 2.24. The minimum absolute atomic E-state index is 0.00124. The number of carbonyl (C=O) groups is 3. The number of hydrogen-bond acceptors (Lipinski definition) is 5. The molecule has 0 aromatic heterocycles. The molecule has 6 nitrogen and oxygen atoms in total. The molecular formula is C20H29NO5. The Morgan fingerprint density at radius 3 is 1.92 bits per heavy atom. The zero-order valence-electron chi connectivity index (χ0n) is 16.6. The van der Waals surface area contributed by atoms with Crippen molar-refractivity contribution in [2.75, 3.05) is 6.61 Å². The number of ketones is 1. The Bertz CT molecular complexity index is 650.